The third-order valence-corrected chi connectivity index (χ3v) is 5.10. The molecule has 1 heterocycles. The second-order valence-corrected chi connectivity index (χ2v) is 7.68. The van der Waals surface area contributed by atoms with Crippen molar-refractivity contribution in [3.05, 3.63) is 0 Å². The number of likely N-dealkylation sites (tertiary alicyclic amines) is 1. The minimum absolute atomic E-state index is 0.0534. The summed E-state index contributed by atoms with van der Waals surface area (Å²) in [4.78, 5) is 14.7. The number of amidine groups is 1. The molecule has 1 saturated carbocycles. The second-order valence-electron chi connectivity index (χ2n) is 7.68. The summed E-state index contributed by atoms with van der Waals surface area (Å²) in [7, 11) is 0. The van der Waals surface area contributed by atoms with Crippen molar-refractivity contribution in [1.29, 1.82) is 0 Å². The van der Waals surface area contributed by atoms with E-state index in [-0.39, 0.29) is 17.2 Å². The highest BCUT2D eigenvalue weighted by molar-refractivity contribution is 6.07. The number of nitrogens with zero attached hydrogens (tertiary/aromatic N) is 2. The van der Waals surface area contributed by atoms with Crippen LogP contribution in [0.1, 0.15) is 47.0 Å². The lowest BCUT2D eigenvalue weighted by Crippen LogP contribution is -2.57. The van der Waals surface area contributed by atoms with Crippen molar-refractivity contribution in [2.45, 2.75) is 47.0 Å². The first kappa shape index (κ1) is 15.1. The molecule has 1 atom stereocenters. The van der Waals surface area contributed by atoms with Crippen LogP contribution in [-0.4, -0.2) is 34.9 Å². The maximum atomic E-state index is 12.8. The van der Waals surface area contributed by atoms with Gasteiger partial charge < -0.3 is 15.8 Å². The van der Waals surface area contributed by atoms with E-state index in [0.717, 1.165) is 19.5 Å². The molecule has 1 aliphatic carbocycles. The highest BCUT2D eigenvalue weighted by Gasteiger charge is 2.54. The third-order valence-electron chi connectivity index (χ3n) is 5.10. The zero-order valence-corrected chi connectivity index (χ0v) is 13.0. The van der Waals surface area contributed by atoms with Crippen LogP contribution in [-0.2, 0) is 4.79 Å². The van der Waals surface area contributed by atoms with Gasteiger partial charge in [0.25, 0.3) is 0 Å². The summed E-state index contributed by atoms with van der Waals surface area (Å²) in [5.74, 6) is 1.12. The summed E-state index contributed by atoms with van der Waals surface area (Å²) in [5.41, 5.74) is 5.28. The van der Waals surface area contributed by atoms with E-state index in [1.807, 2.05) is 4.90 Å². The highest BCUT2D eigenvalue weighted by Crippen LogP contribution is 2.48. The molecule has 0 bridgehead atoms. The lowest BCUT2D eigenvalue weighted by atomic mass is 9.61. The standard InChI is InChI=1S/C15H27N3O2/c1-10-7-15(8-10,12(16)17-20)13(19)18-6-5-11(9-18)14(2,3)4/h10-11,20H,5-9H2,1-4H3,(H2,16,17). The van der Waals surface area contributed by atoms with E-state index in [1.54, 1.807) is 0 Å². The van der Waals surface area contributed by atoms with Gasteiger partial charge in [0.15, 0.2) is 5.84 Å². The number of amides is 1. The molecule has 20 heavy (non-hydrogen) atoms. The number of carbonyl (C=O) groups excluding carboxylic acids is 1. The van der Waals surface area contributed by atoms with Crippen LogP contribution in [0.4, 0.5) is 0 Å². The van der Waals surface area contributed by atoms with Gasteiger partial charge in [0, 0.05) is 13.1 Å². The Kier molecular flexibility index (Phi) is 3.73. The Bertz CT molecular complexity index is 419. The molecule has 0 aromatic rings. The molecular formula is C15H27N3O2. The number of nitrogens with two attached hydrogens (primary N) is 1. The van der Waals surface area contributed by atoms with Gasteiger partial charge in [-0.15, -0.1) is 0 Å². The molecular weight excluding hydrogens is 254 g/mol. The topological polar surface area (TPSA) is 78.9 Å². The number of hydrogen-bond donors (Lipinski definition) is 2. The van der Waals surface area contributed by atoms with Gasteiger partial charge in [-0.05, 0) is 36.5 Å². The summed E-state index contributed by atoms with van der Waals surface area (Å²) >= 11 is 0. The predicted molar refractivity (Wildman–Crippen MR) is 78.4 cm³/mol. The summed E-state index contributed by atoms with van der Waals surface area (Å²) < 4.78 is 0. The number of hydrogen-bond acceptors (Lipinski definition) is 3. The molecule has 114 valence electrons. The molecule has 5 nitrogen and oxygen atoms in total. The van der Waals surface area contributed by atoms with E-state index in [2.05, 4.69) is 32.9 Å². The number of carbonyl (C=O) groups is 1. The van der Waals surface area contributed by atoms with Crippen molar-refractivity contribution in [2.24, 2.45) is 33.6 Å². The summed E-state index contributed by atoms with van der Waals surface area (Å²) in [5, 5.41) is 12.1. The van der Waals surface area contributed by atoms with Crippen molar-refractivity contribution < 1.29 is 10.0 Å². The Morgan fingerprint density at radius 2 is 2.00 bits per heavy atom. The van der Waals surface area contributed by atoms with Crippen molar-refractivity contribution in [2.75, 3.05) is 13.1 Å². The van der Waals surface area contributed by atoms with Crippen LogP contribution in [0.3, 0.4) is 0 Å². The Morgan fingerprint density at radius 3 is 2.40 bits per heavy atom. The van der Waals surface area contributed by atoms with E-state index in [0.29, 0.717) is 24.7 Å². The molecule has 5 heteroatoms. The molecule has 0 aromatic heterocycles. The van der Waals surface area contributed by atoms with Crippen LogP contribution in [0.5, 0.6) is 0 Å². The molecule has 0 radical (unpaired) electrons. The molecule has 2 aliphatic rings. The normalized spacial score (nSPS) is 35.0. The molecule has 1 amide bonds. The Labute approximate surface area is 121 Å². The molecule has 2 rings (SSSR count). The Balaban J connectivity index is 2.12. The Hall–Kier alpha value is -1.26. The maximum Gasteiger partial charge on any atom is 0.236 e. The summed E-state index contributed by atoms with van der Waals surface area (Å²) in [6, 6.07) is 0. The lowest BCUT2D eigenvalue weighted by molar-refractivity contribution is -0.143. The summed E-state index contributed by atoms with van der Waals surface area (Å²) in [6.45, 7) is 10.3. The van der Waals surface area contributed by atoms with Crippen molar-refractivity contribution in [3.8, 4) is 0 Å². The van der Waals surface area contributed by atoms with E-state index in [4.69, 9.17) is 10.9 Å². The first-order chi connectivity index (χ1) is 9.20. The monoisotopic (exact) mass is 281 g/mol. The smallest absolute Gasteiger partial charge is 0.236 e. The molecule has 0 aromatic carbocycles. The zero-order chi connectivity index (χ0) is 15.1. The SMILES string of the molecule is CC1CC(C(=O)N2CCC(C(C)(C)C)C2)(C(N)=NO)C1. The van der Waals surface area contributed by atoms with Gasteiger partial charge in [-0.3, -0.25) is 4.79 Å². The fourth-order valence-corrected chi connectivity index (χ4v) is 3.67. The molecule has 2 fully saturated rings. The van der Waals surface area contributed by atoms with Crippen molar-refractivity contribution in [3.63, 3.8) is 0 Å². The van der Waals surface area contributed by atoms with Gasteiger partial charge in [-0.25, -0.2) is 0 Å². The van der Waals surface area contributed by atoms with E-state index in [9.17, 15) is 4.79 Å². The quantitative estimate of drug-likeness (QED) is 0.352. The van der Waals surface area contributed by atoms with Crippen molar-refractivity contribution >= 4 is 11.7 Å². The molecule has 3 N–H and O–H groups in total. The molecule has 0 spiro atoms. The maximum absolute atomic E-state index is 12.8. The van der Waals surface area contributed by atoms with E-state index in [1.165, 1.54) is 0 Å². The van der Waals surface area contributed by atoms with Crippen LogP contribution in [0.2, 0.25) is 0 Å². The van der Waals surface area contributed by atoms with Crippen molar-refractivity contribution in [1.82, 2.24) is 4.90 Å². The molecule has 1 saturated heterocycles. The Morgan fingerprint density at radius 1 is 1.40 bits per heavy atom. The number of oxime groups is 1. The van der Waals surface area contributed by atoms with Gasteiger partial charge in [0.1, 0.15) is 5.41 Å². The minimum Gasteiger partial charge on any atom is -0.409 e. The highest BCUT2D eigenvalue weighted by atomic mass is 16.4. The first-order valence-corrected chi connectivity index (χ1v) is 7.48. The predicted octanol–water partition coefficient (Wildman–Crippen LogP) is 2.04. The van der Waals surface area contributed by atoms with Crippen LogP contribution in [0.25, 0.3) is 0 Å². The lowest BCUT2D eigenvalue weighted by Gasteiger charge is -2.45. The minimum atomic E-state index is -0.749. The molecule has 1 aliphatic heterocycles. The summed E-state index contributed by atoms with van der Waals surface area (Å²) in [6.07, 6.45) is 2.42. The van der Waals surface area contributed by atoms with Crippen LogP contribution in [0, 0.1) is 22.7 Å². The van der Waals surface area contributed by atoms with Gasteiger partial charge in [-0.1, -0.05) is 32.9 Å². The third kappa shape index (κ3) is 2.38. The average molecular weight is 281 g/mol. The van der Waals surface area contributed by atoms with Crippen LogP contribution < -0.4 is 5.73 Å². The second kappa shape index (κ2) is 4.93. The fraction of sp³-hybridized carbons (Fsp3) is 0.867. The van der Waals surface area contributed by atoms with Crippen LogP contribution in [0.15, 0.2) is 5.16 Å². The van der Waals surface area contributed by atoms with Gasteiger partial charge in [-0.2, -0.15) is 0 Å². The molecule has 1 unspecified atom stereocenters. The van der Waals surface area contributed by atoms with E-state index < -0.39 is 5.41 Å². The average Bonchev–Trinajstić information content (AvgIpc) is 2.82. The number of rotatable bonds is 2. The van der Waals surface area contributed by atoms with Gasteiger partial charge in [0.05, 0.1) is 0 Å². The van der Waals surface area contributed by atoms with Crippen LogP contribution >= 0.6 is 0 Å². The van der Waals surface area contributed by atoms with Gasteiger partial charge in [0.2, 0.25) is 5.91 Å². The first-order valence-electron chi connectivity index (χ1n) is 7.48. The van der Waals surface area contributed by atoms with E-state index >= 15 is 0 Å². The largest absolute Gasteiger partial charge is 0.409 e. The van der Waals surface area contributed by atoms with Gasteiger partial charge >= 0.3 is 0 Å². The fourth-order valence-electron chi connectivity index (χ4n) is 3.67. The zero-order valence-electron chi connectivity index (χ0n) is 13.0.